The number of amides is 2. The van der Waals surface area contributed by atoms with E-state index in [0.717, 1.165) is 36.4 Å². The molecule has 1 saturated heterocycles. The Morgan fingerprint density at radius 1 is 1.43 bits per heavy atom. The molecule has 0 aromatic carbocycles. The molecule has 6 heteroatoms. The molecular weight excluding hydrogens is 286 g/mol. The summed E-state index contributed by atoms with van der Waals surface area (Å²) in [6.45, 7) is 5.71. The second-order valence-corrected chi connectivity index (χ2v) is 7.06. The normalized spacial score (nSPS) is 26.2. The molecule has 2 aliphatic rings. The van der Waals surface area contributed by atoms with Crippen LogP contribution >= 0.6 is 11.3 Å². The predicted molar refractivity (Wildman–Crippen MR) is 80.9 cm³/mol. The van der Waals surface area contributed by atoms with E-state index in [-0.39, 0.29) is 17.9 Å². The van der Waals surface area contributed by atoms with Gasteiger partial charge >= 0.3 is 0 Å². The molecule has 1 saturated carbocycles. The van der Waals surface area contributed by atoms with Crippen molar-refractivity contribution < 1.29 is 9.59 Å². The number of nitrogens with zero attached hydrogens (tertiary/aromatic N) is 2. The fourth-order valence-electron chi connectivity index (χ4n) is 3.45. The molecule has 1 aromatic heterocycles. The summed E-state index contributed by atoms with van der Waals surface area (Å²) in [6.07, 6.45) is 3.51. The summed E-state index contributed by atoms with van der Waals surface area (Å²) in [4.78, 5) is 31.6. The van der Waals surface area contributed by atoms with Crippen molar-refractivity contribution in [2.75, 3.05) is 0 Å². The van der Waals surface area contributed by atoms with Gasteiger partial charge < -0.3 is 10.2 Å². The molecule has 2 amide bonds. The molecule has 5 nitrogen and oxygen atoms in total. The SMILES string of the molecule is Cc1csc(C(C)N2C(=O)C3(CCCC3)NC(=O)C2C)n1. The maximum Gasteiger partial charge on any atom is 0.249 e. The smallest absolute Gasteiger partial charge is 0.249 e. The number of rotatable bonds is 2. The van der Waals surface area contributed by atoms with Crippen molar-refractivity contribution in [1.29, 1.82) is 0 Å². The fraction of sp³-hybridized carbons (Fsp3) is 0.667. The number of hydrogen-bond acceptors (Lipinski definition) is 4. The Hall–Kier alpha value is -1.43. The first-order valence-corrected chi connectivity index (χ1v) is 8.39. The third-order valence-corrected chi connectivity index (χ3v) is 5.80. The van der Waals surface area contributed by atoms with Gasteiger partial charge in [0.15, 0.2) is 0 Å². The highest BCUT2D eigenvalue weighted by molar-refractivity contribution is 7.09. The van der Waals surface area contributed by atoms with Gasteiger partial charge in [0.2, 0.25) is 11.8 Å². The van der Waals surface area contributed by atoms with Crippen LogP contribution in [-0.2, 0) is 9.59 Å². The third-order valence-electron chi connectivity index (χ3n) is 4.67. The highest BCUT2D eigenvalue weighted by Gasteiger charge is 2.52. The van der Waals surface area contributed by atoms with Crippen LogP contribution in [0.4, 0.5) is 0 Å². The average molecular weight is 307 g/mol. The molecule has 1 aromatic rings. The Morgan fingerprint density at radius 2 is 2.10 bits per heavy atom. The van der Waals surface area contributed by atoms with Crippen LogP contribution in [0.25, 0.3) is 0 Å². The lowest BCUT2D eigenvalue weighted by Gasteiger charge is -2.45. The summed E-state index contributed by atoms with van der Waals surface area (Å²) in [5.41, 5.74) is 0.295. The number of carbonyl (C=O) groups excluding carboxylic acids is 2. The number of piperazine rings is 1. The summed E-state index contributed by atoms with van der Waals surface area (Å²) in [6, 6.07) is -0.599. The van der Waals surface area contributed by atoms with Crippen LogP contribution in [0, 0.1) is 6.92 Å². The van der Waals surface area contributed by atoms with Gasteiger partial charge in [0.05, 0.1) is 6.04 Å². The van der Waals surface area contributed by atoms with Gasteiger partial charge in [-0.15, -0.1) is 11.3 Å². The standard InChI is InChI=1S/C15H21N3O2S/c1-9-8-21-13(16-9)11(3)18-10(2)12(19)17-15(14(18)20)6-4-5-7-15/h8,10-11H,4-7H2,1-3H3,(H,17,19). The first kappa shape index (κ1) is 14.5. The summed E-state index contributed by atoms with van der Waals surface area (Å²) >= 11 is 1.55. The maximum atomic E-state index is 13.0. The lowest BCUT2D eigenvalue weighted by Crippen LogP contribution is -2.69. The lowest BCUT2D eigenvalue weighted by atomic mass is 9.90. The first-order valence-electron chi connectivity index (χ1n) is 7.51. The summed E-state index contributed by atoms with van der Waals surface area (Å²) in [7, 11) is 0. The molecular formula is C15H21N3O2S. The Morgan fingerprint density at radius 3 is 2.67 bits per heavy atom. The molecule has 2 unspecified atom stereocenters. The zero-order valence-electron chi connectivity index (χ0n) is 12.7. The number of aromatic nitrogens is 1. The number of hydrogen-bond donors (Lipinski definition) is 1. The van der Waals surface area contributed by atoms with Crippen molar-refractivity contribution in [3.63, 3.8) is 0 Å². The van der Waals surface area contributed by atoms with Gasteiger partial charge in [0.25, 0.3) is 0 Å². The molecule has 2 heterocycles. The van der Waals surface area contributed by atoms with Gasteiger partial charge in [-0.3, -0.25) is 9.59 Å². The van der Waals surface area contributed by atoms with Crippen LogP contribution in [-0.4, -0.2) is 33.3 Å². The van der Waals surface area contributed by atoms with E-state index in [0.29, 0.717) is 0 Å². The molecule has 2 fully saturated rings. The van der Waals surface area contributed by atoms with Crippen LogP contribution in [0.3, 0.4) is 0 Å². The van der Waals surface area contributed by atoms with Gasteiger partial charge in [0, 0.05) is 11.1 Å². The van der Waals surface area contributed by atoms with Crippen LogP contribution < -0.4 is 5.32 Å². The molecule has 2 atom stereocenters. The topological polar surface area (TPSA) is 62.3 Å². The Kier molecular flexibility index (Phi) is 3.51. The van der Waals surface area contributed by atoms with Crippen molar-refractivity contribution in [2.45, 2.75) is 64.1 Å². The molecule has 1 spiro atoms. The van der Waals surface area contributed by atoms with Gasteiger partial charge in [-0.2, -0.15) is 0 Å². The van der Waals surface area contributed by atoms with Crippen molar-refractivity contribution in [3.05, 3.63) is 16.1 Å². The van der Waals surface area contributed by atoms with E-state index in [2.05, 4.69) is 10.3 Å². The zero-order valence-corrected chi connectivity index (χ0v) is 13.5. The monoisotopic (exact) mass is 307 g/mol. The maximum absolute atomic E-state index is 13.0. The van der Waals surface area contributed by atoms with Gasteiger partial charge in [-0.05, 0) is 33.6 Å². The van der Waals surface area contributed by atoms with E-state index in [1.165, 1.54) is 0 Å². The van der Waals surface area contributed by atoms with E-state index in [1.807, 2.05) is 19.2 Å². The van der Waals surface area contributed by atoms with Crippen molar-refractivity contribution >= 4 is 23.2 Å². The van der Waals surface area contributed by atoms with Crippen LogP contribution in [0.2, 0.25) is 0 Å². The average Bonchev–Trinajstić information content (AvgIpc) is 3.07. The largest absolute Gasteiger partial charge is 0.340 e. The van der Waals surface area contributed by atoms with Crippen LogP contribution in [0.15, 0.2) is 5.38 Å². The van der Waals surface area contributed by atoms with E-state index in [9.17, 15) is 9.59 Å². The summed E-state index contributed by atoms with van der Waals surface area (Å²) in [5, 5.41) is 5.87. The molecule has 1 aliphatic heterocycles. The summed E-state index contributed by atoms with van der Waals surface area (Å²) in [5.74, 6) is 0.0177. The third kappa shape index (κ3) is 2.25. The number of aryl methyl sites for hydroxylation is 1. The van der Waals surface area contributed by atoms with E-state index in [1.54, 1.807) is 23.2 Å². The highest BCUT2D eigenvalue weighted by atomic mass is 32.1. The zero-order chi connectivity index (χ0) is 15.2. The van der Waals surface area contributed by atoms with E-state index < -0.39 is 11.6 Å². The van der Waals surface area contributed by atoms with Crippen LogP contribution in [0.1, 0.15) is 56.3 Å². The molecule has 0 radical (unpaired) electrons. The van der Waals surface area contributed by atoms with Gasteiger partial charge in [-0.25, -0.2) is 4.98 Å². The first-order chi connectivity index (χ1) is 9.94. The van der Waals surface area contributed by atoms with E-state index in [4.69, 9.17) is 0 Å². The highest BCUT2D eigenvalue weighted by Crippen LogP contribution is 2.38. The molecule has 1 N–H and O–H groups in total. The minimum atomic E-state index is -0.663. The predicted octanol–water partition coefficient (Wildman–Crippen LogP) is 2.17. The van der Waals surface area contributed by atoms with Crippen molar-refractivity contribution in [1.82, 2.24) is 15.2 Å². The number of carbonyl (C=O) groups is 2. The lowest BCUT2D eigenvalue weighted by molar-refractivity contribution is -0.156. The Bertz CT molecular complexity index is 577. The van der Waals surface area contributed by atoms with Crippen LogP contribution in [0.5, 0.6) is 0 Å². The quantitative estimate of drug-likeness (QED) is 0.911. The molecule has 3 rings (SSSR count). The minimum absolute atomic E-state index is 0.0448. The molecule has 21 heavy (non-hydrogen) atoms. The summed E-state index contributed by atoms with van der Waals surface area (Å²) < 4.78 is 0. The van der Waals surface area contributed by atoms with Crippen molar-refractivity contribution in [2.24, 2.45) is 0 Å². The second kappa shape index (κ2) is 5.09. The number of thiazole rings is 1. The molecule has 114 valence electrons. The number of nitrogens with one attached hydrogen (secondary N) is 1. The van der Waals surface area contributed by atoms with Gasteiger partial charge in [-0.1, -0.05) is 12.8 Å². The minimum Gasteiger partial charge on any atom is -0.340 e. The van der Waals surface area contributed by atoms with Crippen molar-refractivity contribution in [3.8, 4) is 0 Å². The fourth-order valence-corrected chi connectivity index (χ4v) is 4.31. The Balaban J connectivity index is 1.94. The van der Waals surface area contributed by atoms with Gasteiger partial charge in [0.1, 0.15) is 16.6 Å². The molecule has 0 bridgehead atoms. The second-order valence-electron chi connectivity index (χ2n) is 6.17. The molecule has 1 aliphatic carbocycles. The van der Waals surface area contributed by atoms with E-state index >= 15 is 0 Å². The Labute approximate surface area is 128 Å².